The minimum Gasteiger partial charge on any atom is -0.507 e. The smallest absolute Gasteiger partial charge is 0.227 e. The molecule has 1 amide bonds. The van der Waals surface area contributed by atoms with Gasteiger partial charge in [0, 0.05) is 23.7 Å². The Bertz CT molecular complexity index is 641. The molecule has 1 saturated heterocycles. The van der Waals surface area contributed by atoms with Gasteiger partial charge in [-0.3, -0.25) is 4.79 Å². The van der Waals surface area contributed by atoms with Gasteiger partial charge in [0.05, 0.1) is 5.69 Å². The zero-order valence-electron chi connectivity index (χ0n) is 10.4. The Hall–Kier alpha value is -1.68. The molecule has 4 heteroatoms. The van der Waals surface area contributed by atoms with E-state index in [1.807, 2.05) is 29.2 Å². The normalized spacial score (nSPS) is 19.3. The third kappa shape index (κ3) is 2.06. The van der Waals surface area contributed by atoms with Crippen LogP contribution >= 0.6 is 12.6 Å². The van der Waals surface area contributed by atoms with Gasteiger partial charge in [-0.1, -0.05) is 24.3 Å². The first-order chi connectivity index (χ1) is 9.20. The summed E-state index contributed by atoms with van der Waals surface area (Å²) in [6.45, 7) is 0.705. The number of anilines is 1. The van der Waals surface area contributed by atoms with E-state index in [0.717, 1.165) is 22.2 Å². The van der Waals surface area contributed by atoms with E-state index in [1.54, 1.807) is 12.1 Å². The fourth-order valence-electron chi connectivity index (χ4n) is 2.65. The molecule has 1 atom stereocenters. The molecular formula is C15H15NO2S. The van der Waals surface area contributed by atoms with Crippen molar-refractivity contribution in [1.82, 2.24) is 0 Å². The molecule has 1 aliphatic heterocycles. The van der Waals surface area contributed by atoms with E-state index in [-0.39, 0.29) is 11.7 Å². The molecule has 2 aromatic carbocycles. The molecule has 1 aliphatic rings. The highest BCUT2D eigenvalue weighted by molar-refractivity contribution is 7.80. The van der Waals surface area contributed by atoms with Crippen LogP contribution in [0.4, 0.5) is 5.69 Å². The van der Waals surface area contributed by atoms with E-state index in [4.69, 9.17) is 0 Å². The van der Waals surface area contributed by atoms with Crippen LogP contribution < -0.4 is 4.90 Å². The lowest BCUT2D eigenvalue weighted by Gasteiger charge is -2.19. The SMILES string of the molecule is O=C1CC(CS)CN1c1cccc2c(O)cccc12. The fourth-order valence-corrected chi connectivity index (χ4v) is 2.89. The second-order valence-corrected chi connectivity index (χ2v) is 5.27. The molecule has 98 valence electrons. The van der Waals surface area contributed by atoms with Crippen LogP contribution in [0.2, 0.25) is 0 Å². The second kappa shape index (κ2) is 4.78. The lowest BCUT2D eigenvalue weighted by Crippen LogP contribution is -2.24. The minimum atomic E-state index is 0.134. The van der Waals surface area contributed by atoms with Crippen LogP contribution in [0.3, 0.4) is 0 Å². The van der Waals surface area contributed by atoms with E-state index in [9.17, 15) is 9.90 Å². The van der Waals surface area contributed by atoms with E-state index in [1.165, 1.54) is 0 Å². The Morgan fingerprint density at radius 2 is 1.95 bits per heavy atom. The topological polar surface area (TPSA) is 40.5 Å². The Morgan fingerprint density at radius 1 is 1.21 bits per heavy atom. The van der Waals surface area contributed by atoms with Crippen molar-refractivity contribution in [2.75, 3.05) is 17.2 Å². The second-order valence-electron chi connectivity index (χ2n) is 4.91. The van der Waals surface area contributed by atoms with E-state index < -0.39 is 0 Å². The predicted octanol–water partition coefficient (Wildman–Crippen LogP) is 2.83. The number of phenolic OH excluding ortho intramolecular Hbond substituents is 1. The molecule has 19 heavy (non-hydrogen) atoms. The Balaban J connectivity index is 2.11. The summed E-state index contributed by atoms with van der Waals surface area (Å²) in [7, 11) is 0. The quantitative estimate of drug-likeness (QED) is 0.826. The van der Waals surface area contributed by atoms with Crippen LogP contribution in [0.5, 0.6) is 5.75 Å². The van der Waals surface area contributed by atoms with Crippen molar-refractivity contribution in [2.45, 2.75) is 6.42 Å². The lowest BCUT2D eigenvalue weighted by molar-refractivity contribution is -0.117. The van der Waals surface area contributed by atoms with Crippen LogP contribution in [0.25, 0.3) is 10.8 Å². The lowest BCUT2D eigenvalue weighted by atomic mass is 10.1. The number of carbonyl (C=O) groups excluding carboxylic acids is 1. The molecule has 0 aromatic heterocycles. The highest BCUT2D eigenvalue weighted by Gasteiger charge is 2.30. The van der Waals surface area contributed by atoms with Crippen LogP contribution in [0, 0.1) is 5.92 Å². The van der Waals surface area contributed by atoms with Crippen molar-refractivity contribution in [1.29, 1.82) is 0 Å². The standard InChI is InChI=1S/C15H15NO2S/c17-14-6-2-3-11-12(14)4-1-5-13(11)16-8-10(9-19)7-15(16)18/h1-6,10,17,19H,7-9H2. The Labute approximate surface area is 117 Å². The zero-order valence-corrected chi connectivity index (χ0v) is 11.3. The molecule has 0 aliphatic carbocycles. The van der Waals surface area contributed by atoms with Gasteiger partial charge in [-0.2, -0.15) is 12.6 Å². The van der Waals surface area contributed by atoms with Crippen LogP contribution in [0.1, 0.15) is 6.42 Å². The zero-order chi connectivity index (χ0) is 13.4. The highest BCUT2D eigenvalue weighted by Crippen LogP contribution is 2.35. The van der Waals surface area contributed by atoms with Crippen molar-refractivity contribution in [3.8, 4) is 5.75 Å². The molecule has 1 heterocycles. The Kier molecular flexibility index (Phi) is 3.11. The van der Waals surface area contributed by atoms with Crippen LogP contribution in [-0.4, -0.2) is 23.3 Å². The Morgan fingerprint density at radius 3 is 2.68 bits per heavy atom. The molecule has 2 aromatic rings. The van der Waals surface area contributed by atoms with Gasteiger partial charge in [-0.05, 0) is 23.8 Å². The van der Waals surface area contributed by atoms with Gasteiger partial charge in [0.1, 0.15) is 5.75 Å². The first-order valence-corrected chi connectivity index (χ1v) is 6.96. The summed E-state index contributed by atoms with van der Waals surface area (Å²) in [5.74, 6) is 1.41. The first-order valence-electron chi connectivity index (χ1n) is 6.32. The number of hydrogen-bond donors (Lipinski definition) is 2. The molecule has 0 bridgehead atoms. The molecule has 3 rings (SSSR count). The van der Waals surface area contributed by atoms with Crippen LogP contribution in [0.15, 0.2) is 36.4 Å². The summed E-state index contributed by atoms with van der Waals surface area (Å²) in [5, 5.41) is 11.6. The van der Waals surface area contributed by atoms with Crippen LogP contribution in [-0.2, 0) is 4.79 Å². The molecule has 1 N–H and O–H groups in total. The average molecular weight is 273 g/mol. The summed E-state index contributed by atoms with van der Waals surface area (Å²) in [4.78, 5) is 13.9. The van der Waals surface area contributed by atoms with Gasteiger partial charge >= 0.3 is 0 Å². The van der Waals surface area contributed by atoms with Crippen molar-refractivity contribution >= 4 is 35.0 Å². The van der Waals surface area contributed by atoms with Gasteiger partial charge in [0.25, 0.3) is 0 Å². The number of carbonyl (C=O) groups is 1. The van der Waals surface area contributed by atoms with E-state index in [0.29, 0.717) is 18.9 Å². The summed E-state index contributed by atoms with van der Waals surface area (Å²) >= 11 is 4.28. The van der Waals surface area contributed by atoms with Crippen molar-refractivity contribution in [2.24, 2.45) is 5.92 Å². The fraction of sp³-hybridized carbons (Fsp3) is 0.267. The van der Waals surface area contributed by atoms with Gasteiger partial charge in [0.15, 0.2) is 0 Å². The number of fused-ring (bicyclic) bond motifs is 1. The summed E-state index contributed by atoms with van der Waals surface area (Å²) < 4.78 is 0. The van der Waals surface area contributed by atoms with Crippen molar-refractivity contribution in [3.63, 3.8) is 0 Å². The molecule has 1 unspecified atom stereocenters. The average Bonchev–Trinajstić information content (AvgIpc) is 2.80. The third-order valence-corrected chi connectivity index (χ3v) is 4.15. The van der Waals surface area contributed by atoms with Gasteiger partial charge in [0.2, 0.25) is 5.91 Å². The van der Waals surface area contributed by atoms with E-state index >= 15 is 0 Å². The highest BCUT2D eigenvalue weighted by atomic mass is 32.1. The molecule has 1 fully saturated rings. The maximum atomic E-state index is 12.1. The first kappa shape index (κ1) is 12.4. The number of phenols is 1. The molecule has 0 radical (unpaired) electrons. The number of benzene rings is 2. The third-order valence-electron chi connectivity index (χ3n) is 3.63. The number of amides is 1. The summed E-state index contributed by atoms with van der Waals surface area (Å²) in [5.41, 5.74) is 0.877. The molecule has 3 nitrogen and oxygen atoms in total. The van der Waals surface area contributed by atoms with Crippen molar-refractivity contribution < 1.29 is 9.90 Å². The molecular weight excluding hydrogens is 258 g/mol. The van der Waals surface area contributed by atoms with Crippen molar-refractivity contribution in [3.05, 3.63) is 36.4 Å². The molecule has 0 saturated carbocycles. The number of hydrogen-bond acceptors (Lipinski definition) is 3. The summed E-state index contributed by atoms with van der Waals surface area (Å²) in [6, 6.07) is 11.1. The number of nitrogens with zero attached hydrogens (tertiary/aromatic N) is 1. The number of aromatic hydroxyl groups is 1. The monoisotopic (exact) mass is 273 g/mol. The minimum absolute atomic E-state index is 0.134. The number of rotatable bonds is 2. The molecule has 0 spiro atoms. The van der Waals surface area contributed by atoms with Gasteiger partial charge in [-0.25, -0.2) is 0 Å². The predicted molar refractivity (Wildman–Crippen MR) is 79.9 cm³/mol. The van der Waals surface area contributed by atoms with Gasteiger partial charge < -0.3 is 10.0 Å². The maximum absolute atomic E-state index is 12.1. The van der Waals surface area contributed by atoms with E-state index in [2.05, 4.69) is 12.6 Å². The number of thiol groups is 1. The maximum Gasteiger partial charge on any atom is 0.227 e. The largest absolute Gasteiger partial charge is 0.507 e. The van der Waals surface area contributed by atoms with Gasteiger partial charge in [-0.15, -0.1) is 0 Å². The summed E-state index contributed by atoms with van der Waals surface area (Å²) in [6.07, 6.45) is 0.554.